The molecule has 92 valence electrons. The zero-order chi connectivity index (χ0) is 12.8. The molecule has 4 N–H and O–H groups in total. The lowest BCUT2D eigenvalue weighted by molar-refractivity contribution is 0.976. The van der Waals surface area contributed by atoms with E-state index in [1.165, 1.54) is 0 Å². The molecule has 4 heteroatoms. The zero-order valence-corrected chi connectivity index (χ0v) is 10.0. The number of aliphatic imine (C=N–C) groups is 1. The van der Waals surface area contributed by atoms with Crippen molar-refractivity contribution < 1.29 is 0 Å². The van der Waals surface area contributed by atoms with Gasteiger partial charge in [-0.1, -0.05) is 36.4 Å². The molecule has 0 aromatic heterocycles. The average Bonchev–Trinajstić information content (AvgIpc) is 2.41. The van der Waals surface area contributed by atoms with E-state index >= 15 is 0 Å². The Morgan fingerprint density at radius 2 is 1.28 bits per heavy atom. The number of anilines is 2. The van der Waals surface area contributed by atoms with Crippen LogP contribution >= 0.6 is 0 Å². The van der Waals surface area contributed by atoms with Gasteiger partial charge in [0.25, 0.3) is 0 Å². The second kappa shape index (κ2) is 5.72. The van der Waals surface area contributed by atoms with E-state index in [1.807, 2.05) is 65.6 Å². The van der Waals surface area contributed by atoms with Crippen molar-refractivity contribution in [1.29, 1.82) is 0 Å². The van der Waals surface area contributed by atoms with Gasteiger partial charge in [-0.2, -0.15) is 0 Å². The van der Waals surface area contributed by atoms with Crippen molar-refractivity contribution in [2.75, 3.05) is 11.6 Å². The number of benzene rings is 2. The summed E-state index contributed by atoms with van der Waals surface area (Å²) in [7, 11) is 0. The van der Waals surface area contributed by atoms with Crippen LogP contribution in [-0.2, 0) is 0 Å². The molecule has 2 rings (SSSR count). The predicted octanol–water partition coefficient (Wildman–Crippen LogP) is 2.06. The van der Waals surface area contributed by atoms with Gasteiger partial charge in [0.15, 0.2) is 5.96 Å². The van der Waals surface area contributed by atoms with E-state index in [2.05, 4.69) is 4.99 Å². The number of guanidine groups is 1. The Labute approximate surface area is 107 Å². The summed E-state index contributed by atoms with van der Waals surface area (Å²) in [5, 5.41) is 0. The first-order valence-corrected chi connectivity index (χ1v) is 5.70. The normalized spacial score (nSPS) is 9.78. The summed E-state index contributed by atoms with van der Waals surface area (Å²) in [6, 6.07) is 20.0. The van der Waals surface area contributed by atoms with Gasteiger partial charge >= 0.3 is 0 Å². The van der Waals surface area contributed by atoms with Crippen molar-refractivity contribution in [2.45, 2.75) is 0 Å². The largest absolute Gasteiger partial charge is 0.370 e. The topological polar surface area (TPSA) is 67.6 Å². The molecule has 4 nitrogen and oxygen atoms in total. The zero-order valence-electron chi connectivity index (χ0n) is 10.0. The molecule has 0 atom stereocenters. The lowest BCUT2D eigenvalue weighted by Crippen LogP contribution is -2.26. The first kappa shape index (κ1) is 12.0. The molecule has 2 aromatic carbocycles. The van der Waals surface area contributed by atoms with Crippen LogP contribution in [0.1, 0.15) is 0 Å². The maximum Gasteiger partial charge on any atom is 0.187 e. The first-order chi connectivity index (χ1) is 8.77. The summed E-state index contributed by atoms with van der Waals surface area (Å²) in [6.45, 7) is 0.399. The van der Waals surface area contributed by atoms with E-state index in [1.54, 1.807) is 0 Å². The maximum absolute atomic E-state index is 5.40. The van der Waals surface area contributed by atoms with Crippen LogP contribution in [0, 0.1) is 0 Å². The highest BCUT2D eigenvalue weighted by Crippen LogP contribution is 2.24. The second-order valence-electron chi connectivity index (χ2n) is 3.82. The Bertz CT molecular complexity index is 464. The molecule has 0 fully saturated rings. The van der Waals surface area contributed by atoms with Gasteiger partial charge in [0.05, 0.1) is 0 Å². The Balaban J connectivity index is 2.32. The van der Waals surface area contributed by atoms with Gasteiger partial charge in [-0.25, -0.2) is 4.99 Å². The molecular weight excluding hydrogens is 224 g/mol. The van der Waals surface area contributed by atoms with E-state index in [4.69, 9.17) is 11.5 Å². The number of rotatable bonds is 4. The van der Waals surface area contributed by atoms with Gasteiger partial charge in [-0.05, 0) is 24.3 Å². The summed E-state index contributed by atoms with van der Waals surface area (Å²) < 4.78 is 0. The lowest BCUT2D eigenvalue weighted by Gasteiger charge is -2.22. The SMILES string of the molecule is NC(N)=NCN(c1ccccc1)c1ccccc1. The number of para-hydroxylation sites is 2. The fraction of sp³-hybridized carbons (Fsp3) is 0.0714. The number of nitrogens with zero attached hydrogens (tertiary/aromatic N) is 2. The molecule has 18 heavy (non-hydrogen) atoms. The van der Waals surface area contributed by atoms with Gasteiger partial charge in [0, 0.05) is 11.4 Å². The highest BCUT2D eigenvalue weighted by Gasteiger charge is 2.07. The molecule has 0 aliphatic rings. The molecule has 0 saturated carbocycles. The van der Waals surface area contributed by atoms with E-state index in [9.17, 15) is 0 Å². The second-order valence-corrected chi connectivity index (χ2v) is 3.82. The van der Waals surface area contributed by atoms with E-state index < -0.39 is 0 Å². The lowest BCUT2D eigenvalue weighted by atomic mass is 10.2. The van der Waals surface area contributed by atoms with Crippen LogP contribution in [0.4, 0.5) is 11.4 Å². The Kier molecular flexibility index (Phi) is 3.81. The molecule has 0 aliphatic carbocycles. The quantitative estimate of drug-likeness (QED) is 0.635. The van der Waals surface area contributed by atoms with Crippen molar-refractivity contribution in [3.05, 3.63) is 60.7 Å². The molecule has 0 spiro atoms. The summed E-state index contributed by atoms with van der Waals surface area (Å²) in [5.74, 6) is 0.0897. The molecule has 0 aliphatic heterocycles. The van der Waals surface area contributed by atoms with Crippen LogP contribution in [0.25, 0.3) is 0 Å². The van der Waals surface area contributed by atoms with E-state index in [-0.39, 0.29) is 5.96 Å². The third-order valence-electron chi connectivity index (χ3n) is 2.53. The Morgan fingerprint density at radius 1 is 0.833 bits per heavy atom. The maximum atomic E-state index is 5.40. The van der Waals surface area contributed by atoms with Crippen molar-refractivity contribution in [1.82, 2.24) is 0 Å². The summed E-state index contributed by atoms with van der Waals surface area (Å²) in [5.41, 5.74) is 12.9. The fourth-order valence-electron chi connectivity index (χ4n) is 1.68. The minimum absolute atomic E-state index is 0.0897. The van der Waals surface area contributed by atoms with Gasteiger partial charge in [-0.15, -0.1) is 0 Å². The Morgan fingerprint density at radius 3 is 1.67 bits per heavy atom. The predicted molar refractivity (Wildman–Crippen MR) is 75.7 cm³/mol. The van der Waals surface area contributed by atoms with Crippen LogP contribution in [0.5, 0.6) is 0 Å². The number of hydrogen-bond acceptors (Lipinski definition) is 2. The minimum Gasteiger partial charge on any atom is -0.370 e. The molecule has 0 saturated heterocycles. The van der Waals surface area contributed by atoms with E-state index in [0.717, 1.165) is 11.4 Å². The summed E-state index contributed by atoms with van der Waals surface area (Å²) in [4.78, 5) is 6.12. The number of hydrogen-bond donors (Lipinski definition) is 2. The summed E-state index contributed by atoms with van der Waals surface area (Å²) in [6.07, 6.45) is 0. The van der Waals surface area contributed by atoms with Crippen LogP contribution < -0.4 is 16.4 Å². The van der Waals surface area contributed by atoms with Crippen molar-refractivity contribution in [3.63, 3.8) is 0 Å². The van der Waals surface area contributed by atoms with Gasteiger partial charge in [0.2, 0.25) is 0 Å². The third kappa shape index (κ3) is 3.01. The highest BCUT2D eigenvalue weighted by atomic mass is 15.2. The van der Waals surface area contributed by atoms with Crippen molar-refractivity contribution >= 4 is 17.3 Å². The molecular formula is C14H16N4. The molecule has 0 amide bonds. The molecule has 2 aromatic rings. The Hall–Kier alpha value is -2.49. The monoisotopic (exact) mass is 240 g/mol. The van der Waals surface area contributed by atoms with Crippen LogP contribution in [-0.4, -0.2) is 12.6 Å². The van der Waals surface area contributed by atoms with Crippen molar-refractivity contribution in [2.24, 2.45) is 16.5 Å². The molecule has 0 bridgehead atoms. The molecule has 0 heterocycles. The highest BCUT2D eigenvalue weighted by molar-refractivity contribution is 5.76. The van der Waals surface area contributed by atoms with Crippen LogP contribution in [0.2, 0.25) is 0 Å². The standard InChI is InChI=1S/C14H16N4/c15-14(16)17-11-18(12-7-3-1-4-8-12)13-9-5-2-6-10-13/h1-10H,11H2,(H4,15,16,17). The average molecular weight is 240 g/mol. The van der Waals surface area contributed by atoms with Crippen LogP contribution in [0.3, 0.4) is 0 Å². The van der Waals surface area contributed by atoms with Crippen LogP contribution in [0.15, 0.2) is 65.7 Å². The smallest absolute Gasteiger partial charge is 0.187 e. The van der Waals surface area contributed by atoms with Gasteiger partial charge in [0.1, 0.15) is 6.67 Å². The molecule has 0 unspecified atom stereocenters. The molecule has 0 radical (unpaired) electrons. The minimum atomic E-state index is 0.0897. The van der Waals surface area contributed by atoms with Gasteiger partial charge < -0.3 is 16.4 Å². The van der Waals surface area contributed by atoms with Gasteiger partial charge in [-0.3, -0.25) is 0 Å². The van der Waals surface area contributed by atoms with E-state index in [0.29, 0.717) is 6.67 Å². The number of nitrogens with two attached hydrogens (primary N) is 2. The van der Waals surface area contributed by atoms with Crippen molar-refractivity contribution in [3.8, 4) is 0 Å². The summed E-state index contributed by atoms with van der Waals surface area (Å²) >= 11 is 0. The first-order valence-electron chi connectivity index (χ1n) is 5.70. The fourth-order valence-corrected chi connectivity index (χ4v) is 1.68. The third-order valence-corrected chi connectivity index (χ3v) is 2.53.